The molecule has 2 unspecified atom stereocenters. The number of amides is 1. The maximum atomic E-state index is 13.8. The summed E-state index contributed by atoms with van der Waals surface area (Å²) in [6.45, 7) is 1.51. The van der Waals surface area contributed by atoms with Crippen molar-refractivity contribution in [3.63, 3.8) is 0 Å². The number of hydrogen-bond donors (Lipinski definition) is 1. The third-order valence-electron chi connectivity index (χ3n) is 5.83. The number of nitrogens with zero attached hydrogens (tertiary/aromatic N) is 2. The van der Waals surface area contributed by atoms with E-state index in [1.54, 1.807) is 6.07 Å². The Bertz CT molecular complexity index is 848. The van der Waals surface area contributed by atoms with Gasteiger partial charge >= 0.3 is 0 Å². The van der Waals surface area contributed by atoms with Crippen LogP contribution in [-0.4, -0.2) is 41.0 Å². The standard InChI is InChI=1S/C20H22FN3O/c21-13-3-6-18-16(9-13)17(10-19(23-18)12-1-2-12)20(25)24-8-7-14-4-5-15(11-24)22-14/h3,6,9-10,12,14-15,22H,1-2,4-5,7-8,11H2. The zero-order valence-electron chi connectivity index (χ0n) is 14.2. The molecule has 1 aromatic heterocycles. The first-order valence-corrected chi connectivity index (χ1v) is 9.33. The van der Waals surface area contributed by atoms with Crippen molar-refractivity contribution in [1.82, 2.24) is 15.2 Å². The Balaban J connectivity index is 1.56. The number of halogens is 1. The predicted molar refractivity (Wildman–Crippen MR) is 94.1 cm³/mol. The smallest absolute Gasteiger partial charge is 0.254 e. The van der Waals surface area contributed by atoms with Crippen molar-refractivity contribution in [2.45, 2.75) is 50.1 Å². The number of benzene rings is 1. The summed E-state index contributed by atoms with van der Waals surface area (Å²) < 4.78 is 13.8. The van der Waals surface area contributed by atoms with Gasteiger partial charge in [-0.25, -0.2) is 4.39 Å². The van der Waals surface area contributed by atoms with E-state index in [9.17, 15) is 9.18 Å². The van der Waals surface area contributed by atoms with E-state index in [-0.39, 0.29) is 11.7 Å². The molecular formula is C20H22FN3O. The van der Waals surface area contributed by atoms with Crippen LogP contribution in [0.15, 0.2) is 24.3 Å². The molecule has 1 N–H and O–H groups in total. The molecule has 2 bridgehead atoms. The maximum absolute atomic E-state index is 13.8. The summed E-state index contributed by atoms with van der Waals surface area (Å²) in [5, 5.41) is 4.24. The highest BCUT2D eigenvalue weighted by molar-refractivity contribution is 6.06. The molecule has 3 heterocycles. The number of aromatic nitrogens is 1. The number of pyridine rings is 1. The summed E-state index contributed by atoms with van der Waals surface area (Å²) in [5.74, 6) is 0.163. The molecule has 2 saturated heterocycles. The normalized spacial score (nSPS) is 26.0. The molecule has 1 aliphatic carbocycles. The van der Waals surface area contributed by atoms with E-state index in [2.05, 4.69) is 10.3 Å². The molecule has 1 aromatic carbocycles. The highest BCUT2D eigenvalue weighted by Crippen LogP contribution is 2.40. The predicted octanol–water partition coefficient (Wildman–Crippen LogP) is 3.22. The second-order valence-corrected chi connectivity index (χ2v) is 7.71. The van der Waals surface area contributed by atoms with Crippen LogP contribution in [-0.2, 0) is 0 Å². The minimum atomic E-state index is -0.320. The second-order valence-electron chi connectivity index (χ2n) is 7.71. The summed E-state index contributed by atoms with van der Waals surface area (Å²) in [6.07, 6.45) is 5.60. The van der Waals surface area contributed by atoms with E-state index >= 15 is 0 Å². The van der Waals surface area contributed by atoms with E-state index in [0.29, 0.717) is 29.0 Å². The van der Waals surface area contributed by atoms with Gasteiger partial charge in [-0.05, 0) is 56.4 Å². The molecule has 4 nitrogen and oxygen atoms in total. The largest absolute Gasteiger partial charge is 0.337 e. The molecule has 5 rings (SSSR count). The van der Waals surface area contributed by atoms with Crippen molar-refractivity contribution in [3.8, 4) is 0 Å². The van der Waals surface area contributed by atoms with Crippen molar-refractivity contribution >= 4 is 16.8 Å². The van der Waals surface area contributed by atoms with Crippen LogP contribution in [0.4, 0.5) is 4.39 Å². The number of hydrogen-bond acceptors (Lipinski definition) is 3. The highest BCUT2D eigenvalue weighted by Gasteiger charge is 2.33. The zero-order chi connectivity index (χ0) is 17.0. The summed E-state index contributed by atoms with van der Waals surface area (Å²) >= 11 is 0. The molecule has 0 radical (unpaired) electrons. The van der Waals surface area contributed by atoms with Gasteiger partial charge in [-0.15, -0.1) is 0 Å². The highest BCUT2D eigenvalue weighted by atomic mass is 19.1. The summed E-state index contributed by atoms with van der Waals surface area (Å²) in [7, 11) is 0. The van der Waals surface area contributed by atoms with E-state index in [1.165, 1.54) is 18.6 Å². The molecule has 1 amide bonds. The fourth-order valence-corrected chi connectivity index (χ4v) is 4.28. The number of likely N-dealkylation sites (tertiary alicyclic amines) is 1. The minimum Gasteiger partial charge on any atom is -0.337 e. The van der Waals surface area contributed by atoms with E-state index in [4.69, 9.17) is 0 Å². The first-order chi connectivity index (χ1) is 12.2. The molecule has 2 aliphatic heterocycles. The van der Waals surface area contributed by atoms with Crippen molar-refractivity contribution in [1.29, 1.82) is 0 Å². The third-order valence-corrected chi connectivity index (χ3v) is 5.83. The van der Waals surface area contributed by atoms with E-state index in [0.717, 1.165) is 50.0 Å². The topological polar surface area (TPSA) is 45.2 Å². The van der Waals surface area contributed by atoms with Gasteiger partial charge in [-0.1, -0.05) is 0 Å². The lowest BCUT2D eigenvalue weighted by Gasteiger charge is -2.25. The van der Waals surface area contributed by atoms with Crippen LogP contribution in [0.2, 0.25) is 0 Å². The van der Waals surface area contributed by atoms with Gasteiger partial charge in [0, 0.05) is 42.2 Å². The first-order valence-electron chi connectivity index (χ1n) is 9.33. The van der Waals surface area contributed by atoms with Crippen LogP contribution in [0.1, 0.15) is 54.1 Å². The monoisotopic (exact) mass is 339 g/mol. The van der Waals surface area contributed by atoms with Gasteiger partial charge in [0.05, 0.1) is 11.1 Å². The van der Waals surface area contributed by atoms with Crippen molar-refractivity contribution in [2.75, 3.05) is 13.1 Å². The Labute approximate surface area is 146 Å². The molecule has 130 valence electrons. The SMILES string of the molecule is O=C(c1cc(C2CC2)nc2ccc(F)cc12)N1CCC2CCC(C1)N2. The molecule has 3 aliphatic rings. The molecule has 5 heteroatoms. The van der Waals surface area contributed by atoms with Crippen molar-refractivity contribution in [3.05, 3.63) is 41.3 Å². The number of carbonyl (C=O) groups excluding carboxylic acids is 1. The quantitative estimate of drug-likeness (QED) is 0.914. The van der Waals surface area contributed by atoms with Gasteiger partial charge in [0.15, 0.2) is 0 Å². The summed E-state index contributed by atoms with van der Waals surface area (Å²) in [6, 6.07) is 7.42. The van der Waals surface area contributed by atoms with Gasteiger partial charge in [0.1, 0.15) is 5.82 Å². The molecule has 1 saturated carbocycles. The Morgan fingerprint density at radius 2 is 1.96 bits per heavy atom. The lowest BCUT2D eigenvalue weighted by atomic mass is 10.0. The van der Waals surface area contributed by atoms with Crippen LogP contribution >= 0.6 is 0 Å². The van der Waals surface area contributed by atoms with Crippen LogP contribution in [0.25, 0.3) is 10.9 Å². The molecular weight excluding hydrogens is 317 g/mol. The molecule has 25 heavy (non-hydrogen) atoms. The first kappa shape index (κ1) is 15.3. The van der Waals surface area contributed by atoms with Crippen LogP contribution < -0.4 is 5.32 Å². The molecule has 0 spiro atoms. The average Bonchev–Trinajstić information content (AvgIpc) is 3.38. The Hall–Kier alpha value is -2.01. The fourth-order valence-electron chi connectivity index (χ4n) is 4.28. The number of carbonyl (C=O) groups is 1. The maximum Gasteiger partial charge on any atom is 0.254 e. The van der Waals surface area contributed by atoms with E-state index < -0.39 is 0 Å². The lowest BCUT2D eigenvalue weighted by Crippen LogP contribution is -2.39. The van der Waals surface area contributed by atoms with Crippen LogP contribution in [0, 0.1) is 5.82 Å². The molecule has 2 aromatic rings. The van der Waals surface area contributed by atoms with Gasteiger partial charge in [0.2, 0.25) is 0 Å². The van der Waals surface area contributed by atoms with Gasteiger partial charge in [-0.3, -0.25) is 9.78 Å². The van der Waals surface area contributed by atoms with Crippen LogP contribution in [0.5, 0.6) is 0 Å². The Kier molecular flexibility index (Phi) is 3.52. The van der Waals surface area contributed by atoms with Crippen molar-refractivity contribution in [2.24, 2.45) is 0 Å². The Morgan fingerprint density at radius 3 is 2.80 bits per heavy atom. The lowest BCUT2D eigenvalue weighted by molar-refractivity contribution is 0.0750. The van der Waals surface area contributed by atoms with Gasteiger partial charge < -0.3 is 10.2 Å². The summed E-state index contributed by atoms with van der Waals surface area (Å²) in [5.41, 5.74) is 2.32. The summed E-state index contributed by atoms with van der Waals surface area (Å²) in [4.78, 5) is 19.9. The minimum absolute atomic E-state index is 0.0225. The number of nitrogens with one attached hydrogen (secondary N) is 1. The number of fused-ring (bicyclic) bond motifs is 3. The Morgan fingerprint density at radius 1 is 1.12 bits per heavy atom. The van der Waals surface area contributed by atoms with E-state index in [1.807, 2.05) is 11.0 Å². The second kappa shape index (κ2) is 5.77. The average molecular weight is 339 g/mol. The third kappa shape index (κ3) is 2.80. The number of rotatable bonds is 2. The van der Waals surface area contributed by atoms with Gasteiger partial charge in [-0.2, -0.15) is 0 Å². The van der Waals surface area contributed by atoms with Gasteiger partial charge in [0.25, 0.3) is 5.91 Å². The fraction of sp³-hybridized carbons (Fsp3) is 0.500. The van der Waals surface area contributed by atoms with Crippen molar-refractivity contribution < 1.29 is 9.18 Å². The molecule has 2 atom stereocenters. The zero-order valence-corrected chi connectivity index (χ0v) is 14.2. The molecule has 3 fully saturated rings. The van der Waals surface area contributed by atoms with Crippen LogP contribution in [0.3, 0.4) is 0 Å².